The van der Waals surface area contributed by atoms with E-state index in [4.69, 9.17) is 24.5 Å². The molecule has 0 spiro atoms. The fourth-order valence-electron chi connectivity index (χ4n) is 2.06. The van der Waals surface area contributed by atoms with E-state index in [1.165, 1.54) is 7.11 Å². The summed E-state index contributed by atoms with van der Waals surface area (Å²) < 4.78 is 21.4. The highest BCUT2D eigenvalue weighted by Gasteiger charge is 2.38. The molecule has 118 valence electrons. The monoisotopic (exact) mass is 307 g/mol. The Kier molecular flexibility index (Phi) is 4.87. The third kappa shape index (κ3) is 3.67. The molecule has 0 amide bonds. The molecule has 2 rings (SSSR count). The molecule has 1 aliphatic rings. The van der Waals surface area contributed by atoms with Gasteiger partial charge in [-0.3, -0.25) is 0 Å². The van der Waals surface area contributed by atoms with Crippen molar-refractivity contribution in [3.05, 3.63) is 40.3 Å². The molecular formula is C14H17N3O5. The van der Waals surface area contributed by atoms with Crippen LogP contribution in [-0.4, -0.2) is 37.8 Å². The molecule has 1 aliphatic heterocycles. The minimum Gasteiger partial charge on any atom is -0.481 e. The van der Waals surface area contributed by atoms with E-state index in [2.05, 4.69) is 10.0 Å². The number of methoxy groups -OCH3 is 1. The highest BCUT2D eigenvalue weighted by molar-refractivity contribution is 5.92. The van der Waals surface area contributed by atoms with Gasteiger partial charge < -0.3 is 18.9 Å². The van der Waals surface area contributed by atoms with Crippen molar-refractivity contribution in [2.45, 2.75) is 32.0 Å². The van der Waals surface area contributed by atoms with Crippen LogP contribution in [0.2, 0.25) is 0 Å². The van der Waals surface area contributed by atoms with Crippen molar-refractivity contribution in [1.82, 2.24) is 0 Å². The number of hydrogen-bond acceptors (Lipinski definition) is 6. The van der Waals surface area contributed by atoms with Crippen molar-refractivity contribution in [2.75, 3.05) is 13.7 Å². The van der Waals surface area contributed by atoms with Gasteiger partial charge in [-0.15, -0.1) is 0 Å². The molecule has 0 bridgehead atoms. The molecule has 0 saturated carbocycles. The summed E-state index contributed by atoms with van der Waals surface area (Å²) >= 11 is 0. The Bertz CT molecular complexity index is 598. The molecule has 1 aromatic rings. The van der Waals surface area contributed by atoms with Crippen LogP contribution in [0.15, 0.2) is 29.4 Å². The van der Waals surface area contributed by atoms with Gasteiger partial charge in [-0.25, -0.2) is 4.79 Å². The van der Waals surface area contributed by atoms with Gasteiger partial charge in [-0.05, 0) is 36.6 Å². The Morgan fingerprint density at radius 3 is 2.82 bits per heavy atom. The van der Waals surface area contributed by atoms with Crippen LogP contribution in [0.25, 0.3) is 10.4 Å². The van der Waals surface area contributed by atoms with Gasteiger partial charge >= 0.3 is 5.97 Å². The van der Waals surface area contributed by atoms with Gasteiger partial charge in [0.15, 0.2) is 5.79 Å². The topological polar surface area (TPSA) is 103 Å². The number of nitrogens with zero attached hydrogens (tertiary/aromatic N) is 3. The van der Waals surface area contributed by atoms with Crippen LogP contribution in [0.5, 0.6) is 5.75 Å². The molecule has 0 N–H and O–H groups in total. The predicted molar refractivity (Wildman–Crippen MR) is 76.2 cm³/mol. The Morgan fingerprint density at radius 2 is 2.23 bits per heavy atom. The van der Waals surface area contributed by atoms with E-state index < -0.39 is 24.1 Å². The van der Waals surface area contributed by atoms with Gasteiger partial charge in [-0.1, -0.05) is 12.1 Å². The average Bonchev–Trinajstić information content (AvgIpc) is 2.86. The lowest BCUT2D eigenvalue weighted by Crippen LogP contribution is -2.33. The Morgan fingerprint density at radius 1 is 1.50 bits per heavy atom. The van der Waals surface area contributed by atoms with Crippen LogP contribution in [0.1, 0.15) is 24.2 Å². The van der Waals surface area contributed by atoms with Gasteiger partial charge in [0, 0.05) is 4.91 Å². The van der Waals surface area contributed by atoms with E-state index in [0.29, 0.717) is 0 Å². The molecular weight excluding hydrogens is 290 g/mol. The average molecular weight is 307 g/mol. The van der Waals surface area contributed by atoms with Crippen LogP contribution in [0, 0.1) is 0 Å². The van der Waals surface area contributed by atoms with Crippen molar-refractivity contribution < 1.29 is 23.7 Å². The van der Waals surface area contributed by atoms with Crippen molar-refractivity contribution in [1.29, 1.82) is 0 Å². The molecule has 22 heavy (non-hydrogen) atoms. The molecule has 8 nitrogen and oxygen atoms in total. The maximum Gasteiger partial charge on any atom is 0.341 e. The fourth-order valence-corrected chi connectivity index (χ4v) is 2.06. The Balaban J connectivity index is 2.22. The molecule has 0 radical (unpaired) electrons. The number of benzene rings is 1. The summed E-state index contributed by atoms with van der Waals surface area (Å²) in [5.74, 6) is -1.07. The SMILES string of the molecule is COC(=O)c1ccccc1OC(N=[N+]=[N-])C1COC(C)(C)O1. The number of hydrogen-bond donors (Lipinski definition) is 0. The van der Waals surface area contributed by atoms with Crippen LogP contribution in [-0.2, 0) is 14.2 Å². The van der Waals surface area contributed by atoms with E-state index in [1.54, 1.807) is 38.1 Å². The Hall–Kier alpha value is -2.28. The summed E-state index contributed by atoms with van der Waals surface area (Å²) in [5, 5.41) is 3.59. The molecule has 1 heterocycles. The zero-order valence-corrected chi connectivity index (χ0v) is 12.6. The third-order valence-electron chi connectivity index (χ3n) is 3.05. The number of carbonyl (C=O) groups is 1. The molecule has 8 heteroatoms. The quantitative estimate of drug-likeness (QED) is 0.360. The Labute approximate surface area is 127 Å². The number of rotatable bonds is 5. The summed E-state index contributed by atoms with van der Waals surface area (Å²) in [6, 6.07) is 6.53. The van der Waals surface area contributed by atoms with Crippen molar-refractivity contribution in [3.63, 3.8) is 0 Å². The molecule has 1 fully saturated rings. The normalized spacial score (nSPS) is 20.8. The summed E-state index contributed by atoms with van der Waals surface area (Å²) in [4.78, 5) is 14.5. The van der Waals surface area contributed by atoms with Gasteiger partial charge in [0.2, 0.25) is 6.23 Å². The van der Waals surface area contributed by atoms with E-state index in [9.17, 15) is 4.79 Å². The minimum atomic E-state index is -0.961. The maximum absolute atomic E-state index is 11.7. The summed E-state index contributed by atoms with van der Waals surface area (Å²) in [7, 11) is 1.28. The van der Waals surface area contributed by atoms with Crippen molar-refractivity contribution in [3.8, 4) is 5.75 Å². The first-order valence-corrected chi connectivity index (χ1v) is 6.67. The van der Waals surface area contributed by atoms with Crippen LogP contribution >= 0.6 is 0 Å². The van der Waals surface area contributed by atoms with Crippen LogP contribution in [0.3, 0.4) is 0 Å². The van der Waals surface area contributed by atoms with Gasteiger partial charge in [0.05, 0.1) is 13.7 Å². The number of carbonyl (C=O) groups excluding carboxylic acids is 1. The fraction of sp³-hybridized carbons (Fsp3) is 0.500. The molecule has 0 aliphatic carbocycles. The first kappa shape index (κ1) is 16.1. The summed E-state index contributed by atoms with van der Waals surface area (Å²) in [6.07, 6.45) is -1.53. The van der Waals surface area contributed by atoms with E-state index in [0.717, 1.165) is 0 Å². The zero-order valence-electron chi connectivity index (χ0n) is 12.6. The smallest absolute Gasteiger partial charge is 0.341 e. The van der Waals surface area contributed by atoms with E-state index >= 15 is 0 Å². The standard InChI is InChI=1S/C14H17N3O5/c1-14(2)20-8-11(22-14)12(16-17-15)21-10-7-5-4-6-9(10)13(18)19-3/h4-7,11-12H,8H2,1-3H3. The third-order valence-corrected chi connectivity index (χ3v) is 3.05. The van der Waals surface area contributed by atoms with Crippen LogP contribution < -0.4 is 4.74 Å². The molecule has 1 saturated heterocycles. The number of azide groups is 1. The molecule has 1 aromatic carbocycles. The highest BCUT2D eigenvalue weighted by atomic mass is 16.8. The zero-order chi connectivity index (χ0) is 16.2. The second-order valence-corrected chi connectivity index (χ2v) is 5.07. The van der Waals surface area contributed by atoms with Crippen LogP contribution in [0.4, 0.5) is 0 Å². The highest BCUT2D eigenvalue weighted by Crippen LogP contribution is 2.28. The largest absolute Gasteiger partial charge is 0.481 e. The molecule has 2 atom stereocenters. The van der Waals surface area contributed by atoms with E-state index in [-0.39, 0.29) is 17.9 Å². The second-order valence-electron chi connectivity index (χ2n) is 5.07. The van der Waals surface area contributed by atoms with E-state index in [1.807, 2.05) is 0 Å². The first-order chi connectivity index (χ1) is 10.5. The number of ether oxygens (including phenoxy) is 4. The van der Waals surface area contributed by atoms with Crippen molar-refractivity contribution >= 4 is 5.97 Å². The molecule has 2 unspecified atom stereocenters. The lowest BCUT2D eigenvalue weighted by atomic mass is 10.2. The molecule has 0 aromatic heterocycles. The maximum atomic E-state index is 11.7. The lowest BCUT2D eigenvalue weighted by molar-refractivity contribution is -0.148. The summed E-state index contributed by atoms with van der Waals surface area (Å²) in [6.45, 7) is 3.72. The number of para-hydroxylation sites is 1. The van der Waals surface area contributed by atoms with Gasteiger partial charge in [0.25, 0.3) is 0 Å². The number of esters is 1. The lowest BCUT2D eigenvalue weighted by Gasteiger charge is -2.22. The summed E-state index contributed by atoms with van der Waals surface area (Å²) in [5.41, 5.74) is 8.96. The van der Waals surface area contributed by atoms with Gasteiger partial charge in [0.1, 0.15) is 17.4 Å². The predicted octanol–water partition coefficient (Wildman–Crippen LogP) is 2.64. The van der Waals surface area contributed by atoms with Crippen molar-refractivity contribution in [2.24, 2.45) is 5.11 Å². The second kappa shape index (κ2) is 6.65. The first-order valence-electron chi connectivity index (χ1n) is 6.67. The minimum absolute atomic E-state index is 0.219. The van der Waals surface area contributed by atoms with Gasteiger partial charge in [-0.2, -0.15) is 0 Å².